The lowest BCUT2D eigenvalue weighted by Gasteiger charge is -2.17. The van der Waals surface area contributed by atoms with E-state index in [1.54, 1.807) is 0 Å². The van der Waals surface area contributed by atoms with Crippen molar-refractivity contribution in [3.8, 4) is 0 Å². The molecule has 0 radical (unpaired) electrons. The fourth-order valence-electron chi connectivity index (χ4n) is 1.44. The zero-order valence-corrected chi connectivity index (χ0v) is 18.3. The number of hydrogen-bond acceptors (Lipinski definition) is 11. The van der Waals surface area contributed by atoms with Gasteiger partial charge in [0.1, 0.15) is 18.1 Å². The maximum Gasteiger partial charge on any atom is 0.330 e. The summed E-state index contributed by atoms with van der Waals surface area (Å²) in [6.07, 6.45) is 1.55. The zero-order chi connectivity index (χ0) is 25.9. The molecular formula is C17H37N7O8. The number of carbonyl (C=O) groups excluding carboxylic acids is 2. The van der Waals surface area contributed by atoms with Crippen molar-refractivity contribution in [2.75, 3.05) is 19.7 Å². The Balaban J connectivity index is -0.000000572. The van der Waals surface area contributed by atoms with E-state index in [0.717, 1.165) is 6.42 Å². The van der Waals surface area contributed by atoms with Gasteiger partial charge in [-0.25, -0.2) is 9.59 Å². The van der Waals surface area contributed by atoms with Crippen LogP contribution in [0.5, 0.6) is 0 Å². The summed E-state index contributed by atoms with van der Waals surface area (Å²) in [6.45, 7) is 3.29. The third-order valence-corrected chi connectivity index (χ3v) is 3.69. The van der Waals surface area contributed by atoms with Crippen LogP contribution >= 0.6 is 0 Å². The molecule has 4 atom stereocenters. The molecule has 0 aromatic carbocycles. The normalized spacial score (nSPS) is 13.5. The molecule has 0 aromatic heterocycles. The van der Waals surface area contributed by atoms with Crippen LogP contribution in [0.3, 0.4) is 0 Å². The quantitative estimate of drug-likeness (QED) is 0.0463. The zero-order valence-electron chi connectivity index (χ0n) is 18.3. The smallest absolute Gasteiger partial charge is 0.330 e. The molecule has 0 aliphatic heterocycles. The molecule has 0 aliphatic carbocycles. The number of nitrogens with zero attached hydrogens (tertiary/aromatic N) is 1. The molecule has 15 N–H and O–H groups in total. The summed E-state index contributed by atoms with van der Waals surface area (Å²) >= 11 is 0. The minimum absolute atomic E-state index is 0.0177. The summed E-state index contributed by atoms with van der Waals surface area (Å²) in [5.41, 5.74) is 30.9. The van der Waals surface area contributed by atoms with Gasteiger partial charge in [-0.05, 0) is 18.8 Å². The van der Waals surface area contributed by atoms with Gasteiger partial charge in [-0.2, -0.15) is 0 Å². The number of rotatable bonds is 11. The number of carboxylic acids is 2. The first-order valence-corrected chi connectivity index (χ1v) is 9.58. The summed E-state index contributed by atoms with van der Waals surface area (Å²) in [4.78, 5) is 45.8. The lowest BCUT2D eigenvalue weighted by atomic mass is 10.0. The van der Waals surface area contributed by atoms with Crippen molar-refractivity contribution in [1.29, 1.82) is 0 Å². The largest absolute Gasteiger partial charge is 0.480 e. The molecule has 0 spiro atoms. The number of ether oxygens (including phenoxy) is 1. The summed E-state index contributed by atoms with van der Waals surface area (Å²) < 4.78 is 4.66. The molecule has 0 heterocycles. The van der Waals surface area contributed by atoms with E-state index in [2.05, 4.69) is 15.5 Å². The molecular weight excluding hydrogens is 430 g/mol. The second kappa shape index (κ2) is 20.1. The van der Waals surface area contributed by atoms with Gasteiger partial charge in [0.15, 0.2) is 5.96 Å². The first-order chi connectivity index (χ1) is 14.7. The molecule has 0 saturated carbocycles. The Hall–Kier alpha value is -2.85. The molecule has 32 heavy (non-hydrogen) atoms. The van der Waals surface area contributed by atoms with Gasteiger partial charge in [0, 0.05) is 6.54 Å². The number of hydrogen-bond donors (Lipinski definition) is 9. The SMILES string of the molecule is CC[C@H](C)[C@H](N)C(=O)OC(=O)[C@@H](N)CCCN=C(N)N.NCC(=O)O.N[C@@H](CO)C(=O)O. The van der Waals surface area contributed by atoms with Gasteiger partial charge in [0.05, 0.1) is 13.2 Å². The number of aliphatic carboxylic acids is 2. The van der Waals surface area contributed by atoms with Gasteiger partial charge in [-0.15, -0.1) is 0 Å². The minimum atomic E-state index is -1.18. The summed E-state index contributed by atoms with van der Waals surface area (Å²) in [7, 11) is 0. The Bertz CT molecular complexity index is 599. The predicted octanol–water partition coefficient (Wildman–Crippen LogP) is -3.77. The number of carboxylic acid groups (broad SMARTS) is 2. The Kier molecular flexibility index (Phi) is 21.2. The monoisotopic (exact) mass is 467 g/mol. The van der Waals surface area contributed by atoms with Gasteiger partial charge in [-0.3, -0.25) is 14.6 Å². The van der Waals surface area contributed by atoms with Gasteiger partial charge >= 0.3 is 23.9 Å². The highest BCUT2D eigenvalue weighted by Gasteiger charge is 2.25. The van der Waals surface area contributed by atoms with Gasteiger partial charge < -0.3 is 54.5 Å². The molecule has 0 aromatic rings. The van der Waals surface area contributed by atoms with Gasteiger partial charge in [0.2, 0.25) is 0 Å². The standard InChI is InChI=1S/C12H25N5O3.C3H7NO3.C2H5NO2/c1-3-7(2)9(14)11(19)20-10(18)8(13)5-4-6-17-12(15)16;4-2(1-5)3(6)7;3-1-2(4)5/h7-9H,3-6,13-14H2,1-2H3,(H4,15,16,17);2,5H,1,4H2,(H,6,7);1,3H2,(H,4,5)/t7-,8-,9-;2-;/m00./s1. The van der Waals surface area contributed by atoms with Crippen LogP contribution in [-0.4, -0.2) is 83.0 Å². The second-order valence-corrected chi connectivity index (χ2v) is 6.43. The number of aliphatic imine (C=N–C) groups is 1. The minimum Gasteiger partial charge on any atom is -0.480 e. The van der Waals surface area contributed by atoms with E-state index in [0.29, 0.717) is 19.4 Å². The first kappa shape index (κ1) is 33.8. The van der Waals surface area contributed by atoms with Crippen molar-refractivity contribution in [2.45, 2.75) is 51.2 Å². The van der Waals surface area contributed by atoms with E-state index in [9.17, 15) is 19.2 Å². The third kappa shape index (κ3) is 20.4. The van der Waals surface area contributed by atoms with Crippen LogP contribution in [0.4, 0.5) is 0 Å². The number of nitrogens with two attached hydrogens (primary N) is 6. The highest BCUT2D eigenvalue weighted by atomic mass is 16.6. The summed E-state index contributed by atoms with van der Waals surface area (Å²) in [5.74, 6) is -3.75. The molecule has 0 bridgehead atoms. The molecule has 0 fully saturated rings. The molecule has 188 valence electrons. The Morgan fingerprint density at radius 1 is 1.00 bits per heavy atom. The molecule has 0 rings (SSSR count). The first-order valence-electron chi connectivity index (χ1n) is 9.58. The lowest BCUT2D eigenvalue weighted by molar-refractivity contribution is -0.162. The van der Waals surface area contributed by atoms with Crippen molar-refractivity contribution in [3.63, 3.8) is 0 Å². The Morgan fingerprint density at radius 3 is 1.81 bits per heavy atom. The molecule has 0 unspecified atom stereocenters. The number of guanidine groups is 1. The van der Waals surface area contributed by atoms with Crippen molar-refractivity contribution in [2.24, 2.45) is 45.3 Å². The number of aliphatic hydroxyl groups excluding tert-OH is 1. The van der Waals surface area contributed by atoms with Crippen LogP contribution in [0.2, 0.25) is 0 Å². The van der Waals surface area contributed by atoms with E-state index >= 15 is 0 Å². The van der Waals surface area contributed by atoms with E-state index in [-0.39, 0.29) is 18.4 Å². The van der Waals surface area contributed by atoms with E-state index in [1.807, 2.05) is 13.8 Å². The van der Waals surface area contributed by atoms with E-state index in [4.69, 9.17) is 44.0 Å². The van der Waals surface area contributed by atoms with Crippen molar-refractivity contribution in [1.82, 2.24) is 0 Å². The molecule has 0 saturated heterocycles. The van der Waals surface area contributed by atoms with Crippen LogP contribution in [0.25, 0.3) is 0 Å². The number of esters is 2. The maximum atomic E-state index is 11.6. The van der Waals surface area contributed by atoms with Crippen molar-refractivity contribution >= 4 is 29.8 Å². The lowest BCUT2D eigenvalue weighted by Crippen LogP contribution is -2.42. The fourth-order valence-corrected chi connectivity index (χ4v) is 1.44. The maximum absolute atomic E-state index is 11.6. The third-order valence-electron chi connectivity index (χ3n) is 3.69. The number of aliphatic hydroxyl groups is 1. The van der Waals surface area contributed by atoms with Gasteiger partial charge in [0.25, 0.3) is 0 Å². The highest BCUT2D eigenvalue weighted by molar-refractivity contribution is 5.90. The van der Waals surface area contributed by atoms with Crippen molar-refractivity contribution in [3.05, 3.63) is 0 Å². The summed E-state index contributed by atoms with van der Waals surface area (Å²) in [5, 5.41) is 23.5. The predicted molar refractivity (Wildman–Crippen MR) is 116 cm³/mol. The topological polar surface area (TPSA) is 307 Å². The van der Waals surface area contributed by atoms with E-state index in [1.165, 1.54) is 0 Å². The molecule has 0 amide bonds. The van der Waals surface area contributed by atoms with Crippen LogP contribution in [-0.2, 0) is 23.9 Å². The van der Waals surface area contributed by atoms with Gasteiger partial charge in [-0.1, -0.05) is 20.3 Å². The Labute approximate surface area is 186 Å². The molecule has 15 heteroatoms. The summed E-state index contributed by atoms with van der Waals surface area (Å²) in [6, 6.07) is -2.84. The average Bonchev–Trinajstić information content (AvgIpc) is 2.74. The molecule has 0 aliphatic rings. The second-order valence-electron chi connectivity index (χ2n) is 6.43. The van der Waals surface area contributed by atoms with Crippen LogP contribution < -0.4 is 34.4 Å². The van der Waals surface area contributed by atoms with Crippen LogP contribution in [0.1, 0.15) is 33.1 Å². The Morgan fingerprint density at radius 2 is 1.50 bits per heavy atom. The molecule has 15 nitrogen and oxygen atoms in total. The van der Waals surface area contributed by atoms with Crippen LogP contribution in [0.15, 0.2) is 4.99 Å². The fraction of sp³-hybridized carbons (Fsp3) is 0.706. The number of carbonyl (C=O) groups is 4. The van der Waals surface area contributed by atoms with Crippen LogP contribution in [0, 0.1) is 5.92 Å². The van der Waals surface area contributed by atoms with E-state index < -0.39 is 48.6 Å². The van der Waals surface area contributed by atoms with Crippen molar-refractivity contribution < 1.29 is 39.2 Å². The average molecular weight is 468 g/mol. The highest BCUT2D eigenvalue weighted by Crippen LogP contribution is 2.07.